The van der Waals surface area contributed by atoms with Crippen molar-refractivity contribution in [3.63, 3.8) is 0 Å². The van der Waals surface area contributed by atoms with Gasteiger partial charge in [-0.2, -0.15) is 0 Å². The monoisotopic (exact) mass is 268 g/mol. The lowest BCUT2D eigenvalue weighted by Crippen LogP contribution is -2.19. The van der Waals surface area contributed by atoms with Crippen molar-refractivity contribution in [1.29, 1.82) is 0 Å². The van der Waals surface area contributed by atoms with Crippen molar-refractivity contribution in [2.45, 2.75) is 34.2 Å². The lowest BCUT2D eigenvalue weighted by molar-refractivity contribution is 0.457. The smallest absolute Gasteiger partial charge is 0.0705 e. The molecule has 0 unspecified atom stereocenters. The van der Waals surface area contributed by atoms with E-state index in [9.17, 15) is 0 Å². The molecule has 0 amide bonds. The van der Waals surface area contributed by atoms with E-state index >= 15 is 0 Å². The van der Waals surface area contributed by atoms with Crippen LogP contribution in [0.3, 0.4) is 0 Å². The van der Waals surface area contributed by atoms with Crippen LogP contribution in [0.25, 0.3) is 10.9 Å². The summed E-state index contributed by atoms with van der Waals surface area (Å²) >= 11 is 0. The zero-order valence-electron chi connectivity index (χ0n) is 12.9. The Labute approximate surface area is 121 Å². The van der Waals surface area contributed by atoms with Gasteiger partial charge in [0.25, 0.3) is 0 Å². The molecule has 1 fully saturated rings. The Balaban J connectivity index is 1.67. The number of para-hydroxylation sites is 1. The molecule has 2 aromatic rings. The number of fused-ring (bicyclic) bond motifs is 1. The molecular formula is C18H24N2. The maximum Gasteiger partial charge on any atom is 0.0705 e. The highest BCUT2D eigenvalue weighted by Crippen LogP contribution is 2.67. The Kier molecular flexibility index (Phi) is 3.09. The number of nitrogens with one attached hydrogen (secondary N) is 1. The Morgan fingerprint density at radius 2 is 1.75 bits per heavy atom. The summed E-state index contributed by atoms with van der Waals surface area (Å²) in [6.45, 7) is 11.5. The summed E-state index contributed by atoms with van der Waals surface area (Å²) in [5, 5.41) is 4.90. The van der Waals surface area contributed by atoms with Gasteiger partial charge in [0, 0.05) is 18.1 Å². The van der Waals surface area contributed by atoms with Crippen LogP contribution in [0.2, 0.25) is 0 Å². The highest BCUT2D eigenvalue weighted by atomic mass is 14.9. The van der Waals surface area contributed by atoms with Crippen molar-refractivity contribution in [3.05, 3.63) is 42.1 Å². The van der Waals surface area contributed by atoms with Gasteiger partial charge >= 0.3 is 0 Å². The lowest BCUT2D eigenvalue weighted by Gasteiger charge is -2.08. The van der Waals surface area contributed by atoms with Gasteiger partial charge in [0.1, 0.15) is 0 Å². The second kappa shape index (κ2) is 4.56. The quantitative estimate of drug-likeness (QED) is 0.906. The fourth-order valence-electron chi connectivity index (χ4n) is 3.50. The molecule has 1 heterocycles. The second-order valence-corrected chi connectivity index (χ2v) is 7.11. The van der Waals surface area contributed by atoms with Gasteiger partial charge in [0.15, 0.2) is 0 Å². The normalized spacial score (nSPS) is 20.2. The van der Waals surface area contributed by atoms with E-state index in [4.69, 9.17) is 0 Å². The van der Waals surface area contributed by atoms with E-state index in [-0.39, 0.29) is 0 Å². The largest absolute Gasteiger partial charge is 0.312 e. The maximum atomic E-state index is 4.42. The first-order valence-corrected chi connectivity index (χ1v) is 7.48. The van der Waals surface area contributed by atoms with E-state index in [1.54, 1.807) is 0 Å². The Morgan fingerprint density at radius 3 is 2.45 bits per heavy atom. The van der Waals surface area contributed by atoms with Crippen LogP contribution in [0.1, 0.15) is 33.3 Å². The molecule has 1 aromatic heterocycles. The van der Waals surface area contributed by atoms with Gasteiger partial charge in [0.2, 0.25) is 0 Å². The molecule has 1 N–H and O–H groups in total. The summed E-state index contributed by atoms with van der Waals surface area (Å²) in [6.07, 6.45) is 1.91. The molecule has 106 valence electrons. The molecule has 1 aliphatic carbocycles. The third-order valence-electron chi connectivity index (χ3n) is 5.72. The lowest BCUT2D eigenvalue weighted by atomic mass is 10.0. The van der Waals surface area contributed by atoms with Crippen molar-refractivity contribution in [2.75, 3.05) is 6.54 Å². The van der Waals surface area contributed by atoms with E-state index in [2.05, 4.69) is 62.3 Å². The highest BCUT2D eigenvalue weighted by molar-refractivity contribution is 5.81. The van der Waals surface area contributed by atoms with Crippen molar-refractivity contribution in [2.24, 2.45) is 16.7 Å². The van der Waals surface area contributed by atoms with Crippen LogP contribution in [0.5, 0.6) is 0 Å². The number of hydrogen-bond donors (Lipinski definition) is 1. The first-order chi connectivity index (χ1) is 9.44. The van der Waals surface area contributed by atoms with Crippen molar-refractivity contribution >= 4 is 10.9 Å². The van der Waals surface area contributed by atoms with Gasteiger partial charge in [-0.3, -0.25) is 4.98 Å². The van der Waals surface area contributed by atoms with Crippen LogP contribution >= 0.6 is 0 Å². The molecule has 1 saturated carbocycles. The van der Waals surface area contributed by atoms with E-state index < -0.39 is 0 Å². The van der Waals surface area contributed by atoms with Gasteiger partial charge in [-0.1, -0.05) is 45.9 Å². The number of aromatic nitrogens is 1. The number of nitrogens with zero attached hydrogens (tertiary/aromatic N) is 1. The summed E-state index contributed by atoms with van der Waals surface area (Å²) in [5.74, 6) is 0.767. The topological polar surface area (TPSA) is 24.9 Å². The molecule has 0 radical (unpaired) electrons. The molecule has 0 spiro atoms. The van der Waals surface area contributed by atoms with Crippen LogP contribution in [-0.2, 0) is 6.54 Å². The molecule has 0 aliphatic heterocycles. The van der Waals surface area contributed by atoms with Gasteiger partial charge in [0.05, 0.1) is 5.52 Å². The van der Waals surface area contributed by atoms with Gasteiger partial charge in [-0.15, -0.1) is 0 Å². The minimum atomic E-state index is 0.459. The molecule has 2 nitrogen and oxygen atoms in total. The van der Waals surface area contributed by atoms with Crippen LogP contribution < -0.4 is 5.32 Å². The molecule has 2 heteroatoms. The van der Waals surface area contributed by atoms with Crippen LogP contribution in [0.15, 0.2) is 36.5 Å². The van der Waals surface area contributed by atoms with Crippen LogP contribution in [-0.4, -0.2) is 11.5 Å². The second-order valence-electron chi connectivity index (χ2n) is 7.11. The Hall–Kier alpha value is -1.41. The summed E-state index contributed by atoms with van der Waals surface area (Å²) in [4.78, 5) is 4.42. The minimum absolute atomic E-state index is 0.459. The predicted octanol–water partition coefficient (Wildman–Crippen LogP) is 4.01. The first-order valence-electron chi connectivity index (χ1n) is 7.48. The Morgan fingerprint density at radius 1 is 1.05 bits per heavy atom. The van der Waals surface area contributed by atoms with E-state index in [1.165, 1.54) is 10.9 Å². The summed E-state index contributed by atoms with van der Waals surface area (Å²) in [6, 6.07) is 10.5. The van der Waals surface area contributed by atoms with Crippen molar-refractivity contribution in [1.82, 2.24) is 10.3 Å². The fourth-order valence-corrected chi connectivity index (χ4v) is 3.50. The van der Waals surface area contributed by atoms with E-state index in [0.717, 1.165) is 24.5 Å². The zero-order valence-corrected chi connectivity index (χ0v) is 12.9. The van der Waals surface area contributed by atoms with E-state index in [1.807, 2.05) is 12.3 Å². The average molecular weight is 268 g/mol. The van der Waals surface area contributed by atoms with Crippen molar-refractivity contribution < 1.29 is 0 Å². The SMILES string of the molecule is CC1(C)C(CNCc2ccnc3ccccc23)C1(C)C. The molecule has 20 heavy (non-hydrogen) atoms. The van der Waals surface area contributed by atoms with Gasteiger partial charge in [-0.05, 0) is 41.0 Å². The first kappa shape index (κ1) is 13.6. The molecule has 0 atom stereocenters. The molecule has 0 saturated heterocycles. The summed E-state index contributed by atoms with van der Waals surface area (Å²) < 4.78 is 0. The maximum absolute atomic E-state index is 4.42. The molecule has 0 bridgehead atoms. The third-order valence-corrected chi connectivity index (χ3v) is 5.72. The molecule has 1 aliphatic rings. The minimum Gasteiger partial charge on any atom is -0.312 e. The number of benzene rings is 1. The third kappa shape index (κ3) is 2.03. The Bertz CT molecular complexity index is 609. The van der Waals surface area contributed by atoms with E-state index in [0.29, 0.717) is 10.8 Å². The molecular weight excluding hydrogens is 244 g/mol. The number of hydrogen-bond acceptors (Lipinski definition) is 2. The molecule has 3 rings (SSSR count). The van der Waals surface area contributed by atoms with Gasteiger partial charge < -0.3 is 5.32 Å². The van der Waals surface area contributed by atoms with Crippen LogP contribution in [0, 0.1) is 16.7 Å². The zero-order chi connectivity index (χ0) is 14.4. The van der Waals surface area contributed by atoms with Crippen molar-refractivity contribution in [3.8, 4) is 0 Å². The average Bonchev–Trinajstić information content (AvgIpc) is 2.81. The molecule has 1 aromatic carbocycles. The fraction of sp³-hybridized carbons (Fsp3) is 0.500. The number of pyridine rings is 1. The summed E-state index contributed by atoms with van der Waals surface area (Å²) in [5.41, 5.74) is 3.34. The standard InChI is InChI=1S/C18H24N2/c1-17(2)16(18(17,3)4)12-19-11-13-9-10-20-15-8-6-5-7-14(13)15/h5-10,16,19H,11-12H2,1-4H3. The van der Waals surface area contributed by atoms with Crippen LogP contribution in [0.4, 0.5) is 0 Å². The van der Waals surface area contributed by atoms with Gasteiger partial charge in [-0.25, -0.2) is 0 Å². The predicted molar refractivity (Wildman–Crippen MR) is 84.5 cm³/mol. The number of rotatable bonds is 4. The highest BCUT2D eigenvalue weighted by Gasteiger charge is 2.63. The summed E-state index contributed by atoms with van der Waals surface area (Å²) in [7, 11) is 0.